The van der Waals surface area contributed by atoms with Gasteiger partial charge in [-0.3, -0.25) is 0 Å². The van der Waals surface area contributed by atoms with Gasteiger partial charge < -0.3 is 10.3 Å². The molecule has 2 nitrogen and oxygen atoms in total. The Hall–Kier alpha value is -2.29. The van der Waals surface area contributed by atoms with Gasteiger partial charge in [0.2, 0.25) is 0 Å². The van der Waals surface area contributed by atoms with E-state index in [-0.39, 0.29) is 5.82 Å². The van der Waals surface area contributed by atoms with Gasteiger partial charge in [-0.05, 0) is 29.8 Å². The molecule has 3 rings (SSSR count). The van der Waals surface area contributed by atoms with Gasteiger partial charge in [-0.25, -0.2) is 4.39 Å². The third kappa shape index (κ3) is 1.65. The van der Waals surface area contributed by atoms with E-state index in [4.69, 9.17) is 0 Å². The van der Waals surface area contributed by atoms with Gasteiger partial charge in [0.25, 0.3) is 0 Å². The third-order valence-corrected chi connectivity index (χ3v) is 2.83. The minimum absolute atomic E-state index is 0.231. The van der Waals surface area contributed by atoms with E-state index in [9.17, 15) is 4.39 Å². The molecule has 2 aromatic rings. The molecular formula is C14H11FN2. The van der Waals surface area contributed by atoms with Gasteiger partial charge in [-0.1, -0.05) is 12.7 Å². The molecule has 0 bridgehead atoms. The molecule has 0 saturated carbocycles. The first kappa shape index (κ1) is 9.90. The number of halogens is 1. The SMILES string of the molecule is C=C1C=CC(c2c[nH]c3cc(F)ccc23)=CN1. The van der Waals surface area contributed by atoms with Crippen molar-refractivity contribution in [1.29, 1.82) is 0 Å². The summed E-state index contributed by atoms with van der Waals surface area (Å²) in [5.41, 5.74) is 3.77. The minimum Gasteiger partial charge on any atom is -0.362 e. The zero-order valence-corrected chi connectivity index (χ0v) is 9.13. The third-order valence-electron chi connectivity index (χ3n) is 2.83. The molecule has 84 valence electrons. The number of hydrogen-bond donors (Lipinski definition) is 2. The van der Waals surface area contributed by atoms with Crippen LogP contribution in [0.4, 0.5) is 4.39 Å². The summed E-state index contributed by atoms with van der Waals surface area (Å²) in [7, 11) is 0. The lowest BCUT2D eigenvalue weighted by atomic mass is 10.0. The molecular weight excluding hydrogens is 215 g/mol. The summed E-state index contributed by atoms with van der Waals surface area (Å²) in [4.78, 5) is 3.07. The Kier molecular flexibility index (Phi) is 2.11. The molecule has 17 heavy (non-hydrogen) atoms. The van der Waals surface area contributed by atoms with Crippen molar-refractivity contribution in [3.8, 4) is 0 Å². The predicted octanol–water partition coefficient (Wildman–Crippen LogP) is 3.32. The molecule has 0 aliphatic carbocycles. The molecule has 0 radical (unpaired) electrons. The van der Waals surface area contributed by atoms with Crippen LogP contribution in [0.2, 0.25) is 0 Å². The Morgan fingerprint density at radius 2 is 2.06 bits per heavy atom. The molecule has 0 fully saturated rings. The molecule has 3 heteroatoms. The highest BCUT2D eigenvalue weighted by molar-refractivity contribution is 5.95. The van der Waals surface area contributed by atoms with Crippen molar-refractivity contribution in [2.24, 2.45) is 0 Å². The zero-order chi connectivity index (χ0) is 11.8. The smallest absolute Gasteiger partial charge is 0.125 e. The Labute approximate surface area is 98.2 Å². The maximum atomic E-state index is 13.1. The van der Waals surface area contributed by atoms with E-state index in [0.29, 0.717) is 0 Å². The van der Waals surface area contributed by atoms with Gasteiger partial charge in [0.15, 0.2) is 0 Å². The summed E-state index contributed by atoms with van der Waals surface area (Å²) < 4.78 is 13.1. The number of hydrogen-bond acceptors (Lipinski definition) is 1. The zero-order valence-electron chi connectivity index (χ0n) is 9.13. The van der Waals surface area contributed by atoms with E-state index < -0.39 is 0 Å². The van der Waals surface area contributed by atoms with Gasteiger partial charge >= 0.3 is 0 Å². The molecule has 1 aliphatic heterocycles. The maximum absolute atomic E-state index is 13.1. The van der Waals surface area contributed by atoms with Gasteiger partial charge in [0.1, 0.15) is 5.82 Å². The molecule has 1 aliphatic rings. The molecule has 0 unspecified atom stereocenters. The van der Waals surface area contributed by atoms with E-state index in [2.05, 4.69) is 16.9 Å². The first-order valence-electron chi connectivity index (χ1n) is 5.35. The number of fused-ring (bicyclic) bond motifs is 1. The number of allylic oxidation sites excluding steroid dienone is 3. The van der Waals surface area contributed by atoms with Crippen molar-refractivity contribution >= 4 is 16.5 Å². The van der Waals surface area contributed by atoms with E-state index in [0.717, 1.165) is 27.7 Å². The highest BCUT2D eigenvalue weighted by Crippen LogP contribution is 2.27. The molecule has 0 saturated heterocycles. The standard InChI is InChI=1S/C14H11FN2/c1-9-2-3-10(7-16-9)13-8-17-14-6-11(15)4-5-12(13)14/h2-8,16-17H,1H2. The fraction of sp³-hybridized carbons (Fsp3) is 0. The highest BCUT2D eigenvalue weighted by Gasteiger charge is 2.09. The van der Waals surface area contributed by atoms with Crippen molar-refractivity contribution in [3.05, 3.63) is 66.4 Å². The summed E-state index contributed by atoms with van der Waals surface area (Å²) in [5.74, 6) is -0.231. The van der Waals surface area contributed by atoms with Crippen LogP contribution < -0.4 is 5.32 Å². The molecule has 1 aromatic carbocycles. The number of H-pyrrole nitrogens is 1. The van der Waals surface area contributed by atoms with Crippen LogP contribution in [0.3, 0.4) is 0 Å². The highest BCUT2D eigenvalue weighted by atomic mass is 19.1. The molecule has 0 atom stereocenters. The fourth-order valence-electron chi connectivity index (χ4n) is 1.96. The fourth-order valence-corrected chi connectivity index (χ4v) is 1.96. The van der Waals surface area contributed by atoms with E-state index in [1.54, 1.807) is 6.07 Å². The molecule has 0 spiro atoms. The average molecular weight is 226 g/mol. The molecule has 1 aromatic heterocycles. The Bertz CT molecular complexity index is 662. The van der Waals surface area contributed by atoms with Crippen LogP contribution >= 0.6 is 0 Å². The molecule has 0 amide bonds. The van der Waals surface area contributed by atoms with Crippen molar-refractivity contribution in [1.82, 2.24) is 10.3 Å². The second-order valence-electron chi connectivity index (χ2n) is 3.99. The van der Waals surface area contributed by atoms with E-state index in [1.165, 1.54) is 12.1 Å². The van der Waals surface area contributed by atoms with Crippen molar-refractivity contribution < 1.29 is 4.39 Å². The topological polar surface area (TPSA) is 27.8 Å². The first-order chi connectivity index (χ1) is 8.24. The monoisotopic (exact) mass is 226 g/mol. The van der Waals surface area contributed by atoms with Crippen LogP contribution in [0, 0.1) is 5.82 Å². The lowest BCUT2D eigenvalue weighted by Gasteiger charge is -2.09. The summed E-state index contributed by atoms with van der Waals surface area (Å²) in [6.07, 6.45) is 7.69. The largest absolute Gasteiger partial charge is 0.362 e. The summed E-state index contributed by atoms with van der Waals surface area (Å²) in [5, 5.41) is 4.08. The number of aromatic nitrogens is 1. The average Bonchev–Trinajstić information content (AvgIpc) is 2.73. The number of aromatic amines is 1. The summed E-state index contributed by atoms with van der Waals surface area (Å²) in [6, 6.07) is 4.76. The van der Waals surface area contributed by atoms with Gasteiger partial charge in [0, 0.05) is 34.6 Å². The van der Waals surface area contributed by atoms with Crippen LogP contribution in [0.25, 0.3) is 16.5 Å². The predicted molar refractivity (Wildman–Crippen MR) is 67.6 cm³/mol. The van der Waals surface area contributed by atoms with Gasteiger partial charge in [-0.2, -0.15) is 0 Å². The lowest BCUT2D eigenvalue weighted by molar-refractivity contribution is 0.629. The van der Waals surface area contributed by atoms with E-state index in [1.807, 2.05) is 24.5 Å². The summed E-state index contributed by atoms with van der Waals surface area (Å²) in [6.45, 7) is 3.80. The number of dihydropyridines is 1. The van der Waals surface area contributed by atoms with Crippen molar-refractivity contribution in [2.45, 2.75) is 0 Å². The van der Waals surface area contributed by atoms with Crippen LogP contribution in [0.5, 0.6) is 0 Å². The van der Waals surface area contributed by atoms with Crippen LogP contribution in [-0.2, 0) is 0 Å². The van der Waals surface area contributed by atoms with Gasteiger partial charge in [0.05, 0.1) is 0 Å². The minimum atomic E-state index is -0.231. The first-order valence-corrected chi connectivity index (χ1v) is 5.35. The lowest BCUT2D eigenvalue weighted by Crippen LogP contribution is -2.05. The Morgan fingerprint density at radius 1 is 1.18 bits per heavy atom. The quantitative estimate of drug-likeness (QED) is 0.767. The normalized spacial score (nSPS) is 14.9. The molecule has 2 N–H and O–H groups in total. The number of nitrogens with one attached hydrogen (secondary N) is 2. The van der Waals surface area contributed by atoms with Crippen LogP contribution in [-0.4, -0.2) is 4.98 Å². The van der Waals surface area contributed by atoms with Crippen LogP contribution in [0.15, 0.2) is 55.0 Å². The Balaban J connectivity index is 2.13. The Morgan fingerprint density at radius 3 is 2.82 bits per heavy atom. The molecule has 2 heterocycles. The second kappa shape index (κ2) is 3.63. The maximum Gasteiger partial charge on any atom is 0.125 e. The van der Waals surface area contributed by atoms with Crippen molar-refractivity contribution in [3.63, 3.8) is 0 Å². The van der Waals surface area contributed by atoms with Gasteiger partial charge in [-0.15, -0.1) is 0 Å². The summed E-state index contributed by atoms with van der Waals surface area (Å²) >= 11 is 0. The van der Waals surface area contributed by atoms with Crippen LogP contribution in [0.1, 0.15) is 5.56 Å². The van der Waals surface area contributed by atoms with E-state index >= 15 is 0 Å². The number of rotatable bonds is 1. The second-order valence-corrected chi connectivity index (χ2v) is 3.99. The van der Waals surface area contributed by atoms with Crippen molar-refractivity contribution in [2.75, 3.05) is 0 Å². The number of benzene rings is 1.